The van der Waals surface area contributed by atoms with Gasteiger partial charge in [-0.25, -0.2) is 0 Å². The summed E-state index contributed by atoms with van der Waals surface area (Å²) >= 11 is 1.24. The lowest BCUT2D eigenvalue weighted by Gasteiger charge is -2.09. The molecular formula is C12H22O4S. The van der Waals surface area contributed by atoms with E-state index in [0.29, 0.717) is 0 Å². The maximum Gasteiger partial charge on any atom is 0.317 e. The predicted octanol–water partition coefficient (Wildman–Crippen LogP) is 3.01. The van der Waals surface area contributed by atoms with Crippen LogP contribution in [-0.2, 0) is 9.59 Å². The summed E-state index contributed by atoms with van der Waals surface area (Å²) in [7, 11) is 0. The molecule has 5 heteroatoms. The van der Waals surface area contributed by atoms with Crippen LogP contribution < -0.4 is 0 Å². The van der Waals surface area contributed by atoms with Crippen molar-refractivity contribution in [3.63, 3.8) is 0 Å². The Kier molecular flexibility index (Phi) is 10.0. The third-order valence-electron chi connectivity index (χ3n) is 2.45. The summed E-state index contributed by atoms with van der Waals surface area (Å²) in [5.41, 5.74) is 0. The highest BCUT2D eigenvalue weighted by Crippen LogP contribution is 2.18. The maximum atomic E-state index is 10.8. The van der Waals surface area contributed by atoms with Crippen LogP contribution in [0.2, 0.25) is 0 Å². The van der Waals surface area contributed by atoms with Crippen LogP contribution in [0.1, 0.15) is 51.9 Å². The van der Waals surface area contributed by atoms with Crippen LogP contribution in [0.4, 0.5) is 0 Å². The highest BCUT2D eigenvalue weighted by atomic mass is 32.2. The van der Waals surface area contributed by atoms with Crippen LogP contribution in [0.3, 0.4) is 0 Å². The molecule has 0 aromatic carbocycles. The molecule has 0 spiro atoms. The van der Waals surface area contributed by atoms with Crippen molar-refractivity contribution in [1.82, 2.24) is 0 Å². The molecule has 0 aliphatic carbocycles. The van der Waals surface area contributed by atoms with Gasteiger partial charge in [0, 0.05) is 0 Å². The Morgan fingerprint density at radius 2 is 1.65 bits per heavy atom. The van der Waals surface area contributed by atoms with E-state index in [-0.39, 0.29) is 6.42 Å². The second-order valence-corrected chi connectivity index (χ2v) is 5.37. The van der Waals surface area contributed by atoms with Crippen LogP contribution in [0.5, 0.6) is 0 Å². The first-order valence-corrected chi connectivity index (χ1v) is 7.19. The molecule has 2 N–H and O–H groups in total. The van der Waals surface area contributed by atoms with Crippen LogP contribution in [-0.4, -0.2) is 33.2 Å². The molecule has 0 saturated heterocycles. The minimum Gasteiger partial charge on any atom is -0.481 e. The second kappa shape index (κ2) is 10.4. The molecule has 0 fully saturated rings. The topological polar surface area (TPSA) is 74.6 Å². The van der Waals surface area contributed by atoms with Gasteiger partial charge in [0.25, 0.3) is 0 Å². The Labute approximate surface area is 107 Å². The number of aliphatic carboxylic acids is 2. The molecule has 1 atom stereocenters. The van der Waals surface area contributed by atoms with Crippen molar-refractivity contribution in [2.45, 2.75) is 57.1 Å². The molecule has 17 heavy (non-hydrogen) atoms. The van der Waals surface area contributed by atoms with E-state index >= 15 is 0 Å². The smallest absolute Gasteiger partial charge is 0.317 e. The largest absolute Gasteiger partial charge is 0.481 e. The molecule has 1 unspecified atom stereocenters. The zero-order chi connectivity index (χ0) is 13.1. The molecule has 0 aromatic rings. The highest BCUT2D eigenvalue weighted by molar-refractivity contribution is 8.00. The monoisotopic (exact) mass is 262 g/mol. The van der Waals surface area contributed by atoms with Crippen LogP contribution >= 0.6 is 11.8 Å². The van der Waals surface area contributed by atoms with Crippen molar-refractivity contribution >= 4 is 23.7 Å². The third kappa shape index (κ3) is 10.2. The van der Waals surface area contributed by atoms with Crippen molar-refractivity contribution in [2.24, 2.45) is 0 Å². The minimum atomic E-state index is -1.05. The molecule has 0 rings (SSSR count). The van der Waals surface area contributed by atoms with Gasteiger partial charge >= 0.3 is 11.9 Å². The third-order valence-corrected chi connectivity index (χ3v) is 3.75. The molecule has 0 heterocycles. The number of carbonyl (C=O) groups is 2. The number of thioether (sulfide) groups is 1. The molecule has 0 radical (unpaired) electrons. The standard InChI is InChI=1S/C12H22O4S/c1-2-3-4-5-6-7-8-17-10(12(15)16)9-11(13)14/h10H,2-9H2,1H3,(H,13,14)(H,15,16). The van der Waals surface area contributed by atoms with Gasteiger partial charge in [0.05, 0.1) is 6.42 Å². The van der Waals surface area contributed by atoms with Gasteiger partial charge < -0.3 is 10.2 Å². The van der Waals surface area contributed by atoms with Gasteiger partial charge in [0.1, 0.15) is 5.25 Å². The lowest BCUT2D eigenvalue weighted by atomic mass is 10.1. The van der Waals surface area contributed by atoms with Crippen LogP contribution in [0.25, 0.3) is 0 Å². The van der Waals surface area contributed by atoms with Crippen LogP contribution in [0.15, 0.2) is 0 Å². The zero-order valence-corrected chi connectivity index (χ0v) is 11.2. The van der Waals surface area contributed by atoms with E-state index in [1.807, 2.05) is 0 Å². The summed E-state index contributed by atoms with van der Waals surface area (Å²) in [6.07, 6.45) is 6.67. The fourth-order valence-electron chi connectivity index (χ4n) is 1.48. The van der Waals surface area contributed by atoms with Gasteiger partial charge in [-0.2, -0.15) is 0 Å². The Balaban J connectivity index is 3.55. The Morgan fingerprint density at radius 1 is 1.06 bits per heavy atom. The summed E-state index contributed by atoms with van der Waals surface area (Å²) in [5, 5.41) is 16.6. The quantitative estimate of drug-likeness (QED) is 0.560. The van der Waals surface area contributed by atoms with Crippen molar-refractivity contribution < 1.29 is 19.8 Å². The number of carboxylic acid groups (broad SMARTS) is 2. The van der Waals surface area contributed by atoms with E-state index in [9.17, 15) is 9.59 Å². The Morgan fingerprint density at radius 3 is 2.18 bits per heavy atom. The number of unbranched alkanes of at least 4 members (excludes halogenated alkanes) is 5. The molecule has 0 aromatic heterocycles. The summed E-state index contributed by atoms with van der Waals surface area (Å²) in [6.45, 7) is 2.17. The molecule has 0 saturated carbocycles. The highest BCUT2D eigenvalue weighted by Gasteiger charge is 2.20. The average Bonchev–Trinajstić information content (AvgIpc) is 2.25. The number of rotatable bonds is 11. The van der Waals surface area contributed by atoms with E-state index in [1.165, 1.54) is 37.4 Å². The molecular weight excluding hydrogens is 240 g/mol. The van der Waals surface area contributed by atoms with E-state index in [4.69, 9.17) is 10.2 Å². The van der Waals surface area contributed by atoms with Gasteiger partial charge in [-0.3, -0.25) is 9.59 Å². The summed E-state index contributed by atoms with van der Waals surface area (Å²) in [4.78, 5) is 21.2. The van der Waals surface area contributed by atoms with Gasteiger partial charge in [-0.1, -0.05) is 39.0 Å². The van der Waals surface area contributed by atoms with Crippen molar-refractivity contribution in [3.8, 4) is 0 Å². The van der Waals surface area contributed by atoms with Gasteiger partial charge in [0.15, 0.2) is 0 Å². The zero-order valence-electron chi connectivity index (χ0n) is 10.4. The minimum absolute atomic E-state index is 0.296. The number of carboxylic acids is 2. The fraction of sp³-hybridized carbons (Fsp3) is 0.833. The molecule has 100 valence electrons. The first-order valence-electron chi connectivity index (χ1n) is 6.14. The lowest BCUT2D eigenvalue weighted by Crippen LogP contribution is -2.20. The summed E-state index contributed by atoms with van der Waals surface area (Å²) in [5.74, 6) is -1.34. The first kappa shape index (κ1) is 16.3. The molecule has 0 amide bonds. The molecule has 0 aliphatic heterocycles. The predicted molar refractivity (Wildman–Crippen MR) is 69.5 cm³/mol. The normalized spacial score (nSPS) is 12.3. The maximum absolute atomic E-state index is 10.8. The van der Waals surface area contributed by atoms with Crippen LogP contribution in [0, 0.1) is 0 Å². The average molecular weight is 262 g/mol. The van der Waals surface area contributed by atoms with E-state index < -0.39 is 17.2 Å². The lowest BCUT2D eigenvalue weighted by molar-refractivity contribution is -0.142. The Hall–Kier alpha value is -0.710. The van der Waals surface area contributed by atoms with Crippen molar-refractivity contribution in [1.29, 1.82) is 0 Å². The SMILES string of the molecule is CCCCCCCCSC(CC(=O)O)C(=O)O. The molecule has 0 bridgehead atoms. The van der Waals surface area contributed by atoms with E-state index in [0.717, 1.165) is 18.6 Å². The first-order chi connectivity index (χ1) is 8.07. The molecule has 4 nitrogen and oxygen atoms in total. The van der Waals surface area contributed by atoms with Gasteiger partial charge in [-0.05, 0) is 12.2 Å². The van der Waals surface area contributed by atoms with Gasteiger partial charge in [-0.15, -0.1) is 11.8 Å². The number of hydrogen-bond acceptors (Lipinski definition) is 3. The Bertz CT molecular complexity index is 231. The van der Waals surface area contributed by atoms with E-state index in [2.05, 4.69) is 6.92 Å². The fourth-order valence-corrected chi connectivity index (χ4v) is 2.54. The van der Waals surface area contributed by atoms with Crippen molar-refractivity contribution in [2.75, 3.05) is 5.75 Å². The van der Waals surface area contributed by atoms with E-state index in [1.54, 1.807) is 0 Å². The summed E-state index contributed by atoms with van der Waals surface area (Å²) in [6, 6.07) is 0. The van der Waals surface area contributed by atoms with Crippen molar-refractivity contribution in [3.05, 3.63) is 0 Å². The second-order valence-electron chi connectivity index (χ2n) is 4.06. The number of hydrogen-bond donors (Lipinski definition) is 2. The molecule has 0 aliphatic rings. The summed E-state index contributed by atoms with van der Waals surface area (Å²) < 4.78 is 0. The van der Waals surface area contributed by atoms with Gasteiger partial charge in [0.2, 0.25) is 0 Å².